The molecule has 8 heteroatoms. The van der Waals surface area contributed by atoms with Gasteiger partial charge in [0.05, 0.1) is 25.4 Å². The van der Waals surface area contributed by atoms with Crippen LogP contribution in [0.4, 0.5) is 5.69 Å². The van der Waals surface area contributed by atoms with Crippen LogP contribution in [0.5, 0.6) is 11.5 Å². The van der Waals surface area contributed by atoms with Crippen LogP contribution >= 0.6 is 0 Å². The number of nitrogens with zero attached hydrogens (tertiary/aromatic N) is 3. The van der Waals surface area contributed by atoms with Crippen molar-refractivity contribution >= 4 is 11.6 Å². The molecule has 3 rings (SSSR count). The molecule has 0 aliphatic carbocycles. The smallest absolute Gasteiger partial charge is 0.255 e. The van der Waals surface area contributed by atoms with Gasteiger partial charge in [-0.15, -0.1) is 0 Å². The Bertz CT molecular complexity index is 1050. The summed E-state index contributed by atoms with van der Waals surface area (Å²) in [5.41, 5.74) is 2.79. The minimum absolute atomic E-state index is 0.237. The summed E-state index contributed by atoms with van der Waals surface area (Å²) in [5.74, 6) is 1.04. The van der Waals surface area contributed by atoms with E-state index in [0.717, 1.165) is 11.3 Å². The summed E-state index contributed by atoms with van der Waals surface area (Å²) in [4.78, 5) is 12.7. The molecule has 0 spiro atoms. The number of methoxy groups -OCH3 is 1. The Balaban J connectivity index is 1.81. The average Bonchev–Trinajstić information content (AvgIpc) is 3.20. The van der Waals surface area contributed by atoms with Crippen molar-refractivity contribution in [3.05, 3.63) is 60.3 Å². The first kappa shape index (κ1) is 20.9. The number of hydrogen-bond donors (Lipinski definition) is 2. The molecule has 0 saturated carbocycles. The number of hydrogen-bond acceptors (Lipinski definition) is 6. The SMILES string of the molecule is COc1cccc(C(=O)Nc2ccc(OCCNCC#N)c(-c3ccnn3C)c2)c1. The third-order valence-corrected chi connectivity index (χ3v) is 4.41. The molecule has 0 saturated heterocycles. The Morgan fingerprint density at radius 1 is 1.23 bits per heavy atom. The number of ether oxygens (including phenoxy) is 2. The van der Waals surface area contributed by atoms with Gasteiger partial charge in [0.15, 0.2) is 0 Å². The number of nitriles is 1. The van der Waals surface area contributed by atoms with E-state index in [2.05, 4.69) is 15.7 Å². The number of carbonyl (C=O) groups is 1. The minimum atomic E-state index is -0.237. The molecule has 1 heterocycles. The summed E-state index contributed by atoms with van der Waals surface area (Å²) in [6.45, 7) is 1.22. The normalized spacial score (nSPS) is 10.3. The van der Waals surface area contributed by atoms with Crippen LogP contribution in [0.3, 0.4) is 0 Å². The molecule has 0 fully saturated rings. The predicted molar refractivity (Wildman–Crippen MR) is 114 cm³/mol. The Hall–Kier alpha value is -3.83. The molecule has 1 aromatic heterocycles. The maximum Gasteiger partial charge on any atom is 0.255 e. The number of aryl methyl sites for hydroxylation is 1. The van der Waals surface area contributed by atoms with E-state index >= 15 is 0 Å². The highest BCUT2D eigenvalue weighted by Gasteiger charge is 2.13. The van der Waals surface area contributed by atoms with Gasteiger partial charge < -0.3 is 20.1 Å². The van der Waals surface area contributed by atoms with Gasteiger partial charge in [-0.3, -0.25) is 9.48 Å². The van der Waals surface area contributed by atoms with Gasteiger partial charge in [-0.25, -0.2) is 0 Å². The molecule has 2 N–H and O–H groups in total. The summed E-state index contributed by atoms with van der Waals surface area (Å²) in [6.07, 6.45) is 1.70. The van der Waals surface area contributed by atoms with E-state index in [-0.39, 0.29) is 12.5 Å². The summed E-state index contributed by atoms with van der Waals surface area (Å²) in [5, 5.41) is 18.7. The number of rotatable bonds is 9. The Morgan fingerprint density at radius 3 is 2.83 bits per heavy atom. The summed E-state index contributed by atoms with van der Waals surface area (Å²) in [7, 11) is 3.40. The molecule has 0 aliphatic rings. The van der Waals surface area contributed by atoms with Gasteiger partial charge in [0.1, 0.15) is 18.1 Å². The van der Waals surface area contributed by atoms with E-state index < -0.39 is 0 Å². The monoisotopic (exact) mass is 405 g/mol. The van der Waals surface area contributed by atoms with E-state index in [0.29, 0.717) is 35.9 Å². The molecule has 154 valence electrons. The van der Waals surface area contributed by atoms with Gasteiger partial charge in [0, 0.05) is 36.6 Å². The van der Waals surface area contributed by atoms with Gasteiger partial charge in [0.25, 0.3) is 5.91 Å². The Morgan fingerprint density at radius 2 is 2.10 bits per heavy atom. The maximum atomic E-state index is 12.7. The third-order valence-electron chi connectivity index (χ3n) is 4.41. The predicted octanol–water partition coefficient (Wildman–Crippen LogP) is 2.84. The van der Waals surface area contributed by atoms with Crippen molar-refractivity contribution in [2.75, 3.05) is 32.1 Å². The zero-order valence-corrected chi connectivity index (χ0v) is 16.9. The van der Waals surface area contributed by atoms with Crippen molar-refractivity contribution < 1.29 is 14.3 Å². The van der Waals surface area contributed by atoms with Crippen LogP contribution in [0.2, 0.25) is 0 Å². The fourth-order valence-electron chi connectivity index (χ4n) is 2.92. The van der Waals surface area contributed by atoms with E-state index in [1.54, 1.807) is 48.3 Å². The van der Waals surface area contributed by atoms with Gasteiger partial charge in [-0.1, -0.05) is 6.07 Å². The number of benzene rings is 2. The average molecular weight is 405 g/mol. The first-order chi connectivity index (χ1) is 14.6. The lowest BCUT2D eigenvalue weighted by Crippen LogP contribution is -2.21. The molecular weight excluding hydrogens is 382 g/mol. The highest BCUT2D eigenvalue weighted by molar-refractivity contribution is 6.04. The summed E-state index contributed by atoms with van der Waals surface area (Å²) >= 11 is 0. The quantitative estimate of drug-likeness (QED) is 0.419. The number of carbonyl (C=O) groups excluding carboxylic acids is 1. The molecule has 0 aliphatic heterocycles. The second-order valence-corrected chi connectivity index (χ2v) is 6.42. The summed E-state index contributed by atoms with van der Waals surface area (Å²) < 4.78 is 12.8. The van der Waals surface area contributed by atoms with E-state index in [1.807, 2.05) is 31.3 Å². The second-order valence-electron chi connectivity index (χ2n) is 6.42. The summed E-state index contributed by atoms with van der Waals surface area (Å²) in [6, 6.07) is 16.3. The topological polar surface area (TPSA) is 101 Å². The van der Waals surface area contributed by atoms with Crippen molar-refractivity contribution in [2.24, 2.45) is 7.05 Å². The standard InChI is InChI=1S/C22H23N5O3/c1-27-20(8-10-25-27)19-15-17(6-7-21(19)30-13-12-24-11-9-23)26-22(28)16-4-3-5-18(14-16)29-2/h3-8,10,14-15,24H,11-13H2,1-2H3,(H,26,28). The van der Waals surface area contributed by atoms with Crippen LogP contribution < -0.4 is 20.1 Å². The highest BCUT2D eigenvalue weighted by Crippen LogP contribution is 2.32. The first-order valence-corrected chi connectivity index (χ1v) is 9.40. The van der Waals surface area contributed by atoms with Crippen LogP contribution in [0, 0.1) is 11.3 Å². The number of nitrogens with one attached hydrogen (secondary N) is 2. The maximum absolute atomic E-state index is 12.7. The Labute approximate surface area is 175 Å². The van der Waals surface area contributed by atoms with E-state index in [4.69, 9.17) is 14.7 Å². The van der Waals surface area contributed by atoms with Crippen molar-refractivity contribution in [3.63, 3.8) is 0 Å². The van der Waals surface area contributed by atoms with Crippen LogP contribution in [0.25, 0.3) is 11.3 Å². The zero-order valence-electron chi connectivity index (χ0n) is 16.9. The lowest BCUT2D eigenvalue weighted by atomic mass is 10.1. The van der Waals surface area contributed by atoms with E-state index in [9.17, 15) is 4.79 Å². The number of anilines is 1. The van der Waals surface area contributed by atoms with Gasteiger partial charge >= 0.3 is 0 Å². The largest absolute Gasteiger partial charge is 0.497 e. The van der Waals surface area contributed by atoms with Crippen LogP contribution in [-0.4, -0.2) is 42.5 Å². The lowest BCUT2D eigenvalue weighted by Gasteiger charge is -2.14. The fourth-order valence-corrected chi connectivity index (χ4v) is 2.92. The second kappa shape index (κ2) is 10.1. The first-order valence-electron chi connectivity index (χ1n) is 9.40. The molecule has 8 nitrogen and oxygen atoms in total. The van der Waals surface area contributed by atoms with Crippen molar-refractivity contribution in [1.82, 2.24) is 15.1 Å². The zero-order chi connectivity index (χ0) is 21.3. The lowest BCUT2D eigenvalue weighted by molar-refractivity contribution is 0.102. The molecule has 30 heavy (non-hydrogen) atoms. The molecule has 0 radical (unpaired) electrons. The van der Waals surface area contributed by atoms with Gasteiger partial charge in [-0.05, 0) is 42.5 Å². The molecule has 3 aromatic rings. The molecule has 0 unspecified atom stereocenters. The number of aromatic nitrogens is 2. The minimum Gasteiger partial charge on any atom is -0.497 e. The molecule has 0 atom stereocenters. The molecule has 2 aromatic carbocycles. The molecule has 0 bridgehead atoms. The highest BCUT2D eigenvalue weighted by atomic mass is 16.5. The van der Waals surface area contributed by atoms with Gasteiger partial charge in [0.2, 0.25) is 0 Å². The third kappa shape index (κ3) is 5.16. The van der Waals surface area contributed by atoms with Crippen LogP contribution in [-0.2, 0) is 7.05 Å². The van der Waals surface area contributed by atoms with Crippen LogP contribution in [0.1, 0.15) is 10.4 Å². The molecule has 1 amide bonds. The van der Waals surface area contributed by atoms with E-state index in [1.165, 1.54) is 0 Å². The number of amides is 1. The Kier molecular flexibility index (Phi) is 7.03. The fraction of sp³-hybridized carbons (Fsp3) is 0.227. The van der Waals surface area contributed by atoms with Crippen molar-refractivity contribution in [1.29, 1.82) is 5.26 Å². The van der Waals surface area contributed by atoms with Crippen LogP contribution in [0.15, 0.2) is 54.7 Å². The van der Waals surface area contributed by atoms with Gasteiger partial charge in [-0.2, -0.15) is 10.4 Å². The molecular formula is C22H23N5O3. The van der Waals surface area contributed by atoms with Crippen molar-refractivity contribution in [2.45, 2.75) is 0 Å². The van der Waals surface area contributed by atoms with Crippen molar-refractivity contribution in [3.8, 4) is 28.8 Å².